The molecule has 4 aromatic rings. The Morgan fingerprint density at radius 3 is 2.19 bits per heavy atom. The predicted molar refractivity (Wildman–Crippen MR) is 146 cm³/mol. The first-order valence-corrected chi connectivity index (χ1v) is 13.1. The van der Waals surface area contributed by atoms with E-state index in [1.165, 1.54) is 11.1 Å². The highest BCUT2D eigenvalue weighted by atomic mass is 16.4. The topological polar surface area (TPSA) is 81.6 Å². The van der Waals surface area contributed by atoms with E-state index in [4.69, 9.17) is 0 Å². The van der Waals surface area contributed by atoms with Crippen molar-refractivity contribution in [1.82, 2.24) is 19.4 Å². The number of piperidine rings is 1. The van der Waals surface area contributed by atoms with Gasteiger partial charge in [-0.1, -0.05) is 72.8 Å². The molecular formula is C30H34N4O3. The Morgan fingerprint density at radius 1 is 0.919 bits per heavy atom. The first-order valence-electron chi connectivity index (χ1n) is 13.1. The van der Waals surface area contributed by atoms with Gasteiger partial charge in [0.15, 0.2) is 0 Å². The molecule has 0 aliphatic carbocycles. The summed E-state index contributed by atoms with van der Waals surface area (Å²) in [4.78, 5) is 31.8. The van der Waals surface area contributed by atoms with Gasteiger partial charge >= 0.3 is 11.8 Å². The van der Waals surface area contributed by atoms with Gasteiger partial charge < -0.3 is 15.0 Å². The lowest BCUT2D eigenvalue weighted by atomic mass is 9.93. The van der Waals surface area contributed by atoms with Crippen LogP contribution in [0.1, 0.15) is 42.9 Å². The zero-order chi connectivity index (χ0) is 25.6. The van der Waals surface area contributed by atoms with E-state index in [0.29, 0.717) is 19.4 Å². The van der Waals surface area contributed by atoms with Gasteiger partial charge in [0.1, 0.15) is 0 Å². The number of amides is 1. The van der Waals surface area contributed by atoms with Crippen molar-refractivity contribution < 1.29 is 9.90 Å². The number of H-pyrrole nitrogens is 1. The largest absolute Gasteiger partial charge is 0.465 e. The molecular weight excluding hydrogens is 464 g/mol. The van der Waals surface area contributed by atoms with Gasteiger partial charge in [-0.25, -0.2) is 9.59 Å². The third-order valence-corrected chi connectivity index (χ3v) is 7.43. The molecule has 0 radical (unpaired) electrons. The number of fused-ring (bicyclic) bond motifs is 1. The van der Waals surface area contributed by atoms with Gasteiger partial charge in [0.05, 0.1) is 11.0 Å². The number of aromatic nitrogens is 2. The van der Waals surface area contributed by atoms with Crippen LogP contribution < -0.4 is 5.69 Å². The van der Waals surface area contributed by atoms with E-state index in [1.54, 1.807) is 4.90 Å². The van der Waals surface area contributed by atoms with Crippen LogP contribution in [-0.2, 0) is 13.1 Å². The van der Waals surface area contributed by atoms with Crippen LogP contribution in [0.25, 0.3) is 11.0 Å². The molecule has 192 valence electrons. The number of aromatic amines is 1. The van der Waals surface area contributed by atoms with E-state index in [2.05, 4.69) is 58.4 Å². The number of hydrogen-bond donors (Lipinski definition) is 2. The van der Waals surface area contributed by atoms with Crippen molar-refractivity contribution in [1.29, 1.82) is 0 Å². The van der Waals surface area contributed by atoms with Gasteiger partial charge in [-0.2, -0.15) is 0 Å². The highest BCUT2D eigenvalue weighted by Crippen LogP contribution is 2.31. The summed E-state index contributed by atoms with van der Waals surface area (Å²) in [6.07, 6.45) is 2.05. The van der Waals surface area contributed by atoms with Crippen LogP contribution in [0.3, 0.4) is 0 Å². The number of para-hydroxylation sites is 2. The minimum atomic E-state index is -0.875. The molecule has 5 rings (SSSR count). The number of rotatable bonds is 9. The predicted octanol–water partition coefficient (Wildman–Crippen LogP) is 5.50. The van der Waals surface area contributed by atoms with Gasteiger partial charge in [0.2, 0.25) is 0 Å². The van der Waals surface area contributed by atoms with Crippen molar-refractivity contribution in [2.75, 3.05) is 13.1 Å². The zero-order valence-electron chi connectivity index (χ0n) is 21.0. The molecule has 2 N–H and O–H groups in total. The number of nitrogens with zero attached hydrogens (tertiary/aromatic N) is 3. The molecule has 0 saturated carbocycles. The Kier molecular flexibility index (Phi) is 7.70. The lowest BCUT2D eigenvalue weighted by Gasteiger charge is -2.38. The van der Waals surface area contributed by atoms with Crippen LogP contribution in [0.15, 0.2) is 89.7 Å². The van der Waals surface area contributed by atoms with Crippen LogP contribution >= 0.6 is 0 Å². The van der Waals surface area contributed by atoms with Gasteiger partial charge in [0, 0.05) is 31.7 Å². The maximum Gasteiger partial charge on any atom is 0.407 e. The van der Waals surface area contributed by atoms with E-state index in [1.807, 2.05) is 41.0 Å². The first-order chi connectivity index (χ1) is 18.1. The zero-order valence-corrected chi connectivity index (χ0v) is 21.0. The van der Waals surface area contributed by atoms with Gasteiger partial charge in [0.25, 0.3) is 0 Å². The van der Waals surface area contributed by atoms with Gasteiger partial charge in [-0.3, -0.25) is 9.47 Å². The smallest absolute Gasteiger partial charge is 0.407 e. The highest BCUT2D eigenvalue weighted by Gasteiger charge is 2.33. The summed E-state index contributed by atoms with van der Waals surface area (Å²) in [7, 11) is 0. The molecule has 1 saturated heterocycles. The monoisotopic (exact) mass is 498 g/mol. The number of likely N-dealkylation sites (tertiary alicyclic amines) is 1. The van der Waals surface area contributed by atoms with Crippen LogP contribution in [-0.4, -0.2) is 49.7 Å². The van der Waals surface area contributed by atoms with Crippen LogP contribution in [0, 0.1) is 0 Å². The van der Waals surface area contributed by atoms with E-state index in [9.17, 15) is 14.7 Å². The molecule has 3 aromatic carbocycles. The quantitative estimate of drug-likeness (QED) is 0.319. The highest BCUT2D eigenvalue weighted by molar-refractivity contribution is 5.75. The minimum absolute atomic E-state index is 0.0195. The normalized spacial score (nSPS) is 17.9. The lowest BCUT2D eigenvalue weighted by Crippen LogP contribution is -2.47. The molecule has 2 heterocycles. The van der Waals surface area contributed by atoms with E-state index >= 15 is 0 Å². The Bertz CT molecular complexity index is 1320. The second-order valence-electron chi connectivity index (χ2n) is 9.95. The van der Waals surface area contributed by atoms with Crippen LogP contribution in [0.4, 0.5) is 4.79 Å². The third-order valence-electron chi connectivity index (χ3n) is 7.43. The molecule has 0 bridgehead atoms. The summed E-state index contributed by atoms with van der Waals surface area (Å²) in [5, 5.41) is 9.89. The summed E-state index contributed by atoms with van der Waals surface area (Å²) in [5.41, 5.74) is 4.12. The number of hydrogen-bond acceptors (Lipinski definition) is 3. The number of imidazole rings is 1. The molecule has 37 heavy (non-hydrogen) atoms. The SMILES string of the molecule is O=C(O)N1CCC(n2c(=O)[nH]c3ccccc32)C[C@@H]1CCCN(Cc1ccccc1)Cc1ccccc1. The number of benzene rings is 3. The molecule has 1 aliphatic rings. The Labute approximate surface area is 217 Å². The summed E-state index contributed by atoms with van der Waals surface area (Å²) in [6.45, 7) is 2.99. The fraction of sp³-hybridized carbons (Fsp3) is 0.333. The van der Waals surface area contributed by atoms with Crippen molar-refractivity contribution >= 4 is 17.1 Å². The average molecular weight is 499 g/mol. The molecule has 1 aromatic heterocycles. The van der Waals surface area contributed by atoms with Gasteiger partial charge in [-0.15, -0.1) is 0 Å². The standard InChI is InChI=1S/C30H34N4O3/c35-29-31-27-15-7-8-16-28(27)34(29)26-17-19-33(30(36)37)25(20-26)14-9-18-32(21-23-10-3-1-4-11-23)22-24-12-5-2-6-13-24/h1-8,10-13,15-16,25-26H,9,14,17-22H2,(H,31,35)(H,36,37)/t25-,26?/m0/s1. The maximum absolute atomic E-state index is 12.8. The van der Waals surface area contributed by atoms with Crippen molar-refractivity contribution in [2.24, 2.45) is 0 Å². The minimum Gasteiger partial charge on any atom is -0.465 e. The third kappa shape index (κ3) is 5.94. The van der Waals surface area contributed by atoms with E-state index in [0.717, 1.165) is 43.5 Å². The number of carboxylic acid groups (broad SMARTS) is 1. The summed E-state index contributed by atoms with van der Waals surface area (Å²) < 4.78 is 1.83. The number of nitrogens with one attached hydrogen (secondary N) is 1. The number of carbonyl (C=O) groups is 1. The van der Waals surface area contributed by atoms with Crippen molar-refractivity contribution in [3.8, 4) is 0 Å². The molecule has 2 atom stereocenters. The summed E-state index contributed by atoms with van der Waals surface area (Å²) in [5.74, 6) is 0. The molecule has 7 heteroatoms. The molecule has 1 aliphatic heterocycles. The first kappa shape index (κ1) is 24.8. The second-order valence-corrected chi connectivity index (χ2v) is 9.95. The Balaban J connectivity index is 1.28. The average Bonchev–Trinajstić information content (AvgIpc) is 3.25. The fourth-order valence-electron chi connectivity index (χ4n) is 5.67. The van der Waals surface area contributed by atoms with E-state index in [-0.39, 0.29) is 17.8 Å². The van der Waals surface area contributed by atoms with Crippen LogP contribution in [0.5, 0.6) is 0 Å². The van der Waals surface area contributed by atoms with E-state index < -0.39 is 6.09 Å². The molecule has 7 nitrogen and oxygen atoms in total. The molecule has 1 unspecified atom stereocenters. The molecule has 0 spiro atoms. The summed E-state index contributed by atoms with van der Waals surface area (Å²) >= 11 is 0. The fourth-order valence-corrected chi connectivity index (χ4v) is 5.67. The molecule has 1 fully saturated rings. The van der Waals surface area contributed by atoms with Crippen molar-refractivity contribution in [2.45, 2.75) is 50.9 Å². The van der Waals surface area contributed by atoms with Crippen molar-refractivity contribution in [3.05, 3.63) is 107 Å². The Hall–Kier alpha value is -3.84. The molecule has 1 amide bonds. The second kappa shape index (κ2) is 11.5. The Morgan fingerprint density at radius 2 is 1.54 bits per heavy atom. The van der Waals surface area contributed by atoms with Gasteiger partial charge in [-0.05, 0) is 55.5 Å². The lowest BCUT2D eigenvalue weighted by molar-refractivity contribution is 0.0853. The van der Waals surface area contributed by atoms with Crippen LogP contribution in [0.2, 0.25) is 0 Å². The maximum atomic E-state index is 12.8. The summed E-state index contributed by atoms with van der Waals surface area (Å²) in [6, 6.07) is 28.5. The van der Waals surface area contributed by atoms with Crippen molar-refractivity contribution in [3.63, 3.8) is 0 Å².